The van der Waals surface area contributed by atoms with Crippen molar-refractivity contribution in [1.29, 1.82) is 0 Å². The van der Waals surface area contributed by atoms with Gasteiger partial charge in [-0.05, 0) is 37.9 Å². The van der Waals surface area contributed by atoms with Crippen LogP contribution < -0.4 is 10.1 Å². The Labute approximate surface area is 90.9 Å². The van der Waals surface area contributed by atoms with Gasteiger partial charge in [-0.1, -0.05) is 6.92 Å². The van der Waals surface area contributed by atoms with Crippen LogP contribution in [0.15, 0.2) is 12.3 Å². The molecule has 1 aromatic heterocycles. The molecule has 0 spiro atoms. The second-order valence-electron chi connectivity index (χ2n) is 4.04. The van der Waals surface area contributed by atoms with Crippen LogP contribution in [0.4, 0.5) is 0 Å². The van der Waals surface area contributed by atoms with Crippen LogP contribution in [0.1, 0.15) is 24.6 Å². The summed E-state index contributed by atoms with van der Waals surface area (Å²) < 4.78 is 5.67. The molecule has 2 heterocycles. The van der Waals surface area contributed by atoms with E-state index in [1.165, 1.54) is 12.0 Å². The summed E-state index contributed by atoms with van der Waals surface area (Å²) in [5.74, 6) is 0.887. The zero-order chi connectivity index (χ0) is 10.7. The second kappa shape index (κ2) is 4.62. The van der Waals surface area contributed by atoms with E-state index >= 15 is 0 Å². The fraction of sp³-hybridized carbons (Fsp3) is 0.583. The average Bonchev–Trinajstić information content (AvgIpc) is 2.16. The van der Waals surface area contributed by atoms with E-state index < -0.39 is 0 Å². The molecule has 2 rings (SSSR count). The van der Waals surface area contributed by atoms with Gasteiger partial charge < -0.3 is 10.1 Å². The van der Waals surface area contributed by atoms with E-state index in [1.807, 2.05) is 6.20 Å². The SMILES string of the molecule is CCc1ncc(OC[C@@H]2CCN2)cc1C. The first-order valence-electron chi connectivity index (χ1n) is 5.61. The van der Waals surface area contributed by atoms with Crippen LogP contribution in [0.3, 0.4) is 0 Å². The van der Waals surface area contributed by atoms with Crippen LogP contribution in [0, 0.1) is 6.92 Å². The average molecular weight is 206 g/mol. The van der Waals surface area contributed by atoms with Crippen LogP contribution in [-0.4, -0.2) is 24.2 Å². The van der Waals surface area contributed by atoms with Crippen molar-refractivity contribution >= 4 is 0 Å². The molecule has 0 radical (unpaired) electrons. The quantitative estimate of drug-likeness (QED) is 0.814. The Morgan fingerprint density at radius 3 is 2.93 bits per heavy atom. The standard InChI is InChI=1S/C12H18N2O/c1-3-12-9(2)6-11(7-14-12)15-8-10-4-5-13-10/h6-7,10,13H,3-5,8H2,1-2H3/t10-/m0/s1. The van der Waals surface area contributed by atoms with Crippen molar-refractivity contribution in [2.24, 2.45) is 0 Å². The maximum absolute atomic E-state index is 5.67. The minimum absolute atomic E-state index is 0.538. The molecule has 1 atom stereocenters. The van der Waals surface area contributed by atoms with Crippen LogP contribution in [0.2, 0.25) is 0 Å². The minimum Gasteiger partial charge on any atom is -0.490 e. The lowest BCUT2D eigenvalue weighted by Crippen LogP contribution is -2.46. The Balaban J connectivity index is 1.93. The molecular weight excluding hydrogens is 188 g/mol. The predicted molar refractivity (Wildman–Crippen MR) is 60.3 cm³/mol. The molecule has 1 aromatic rings. The highest BCUT2D eigenvalue weighted by atomic mass is 16.5. The van der Waals surface area contributed by atoms with Crippen LogP contribution >= 0.6 is 0 Å². The maximum Gasteiger partial charge on any atom is 0.137 e. The molecule has 1 aliphatic rings. The van der Waals surface area contributed by atoms with Gasteiger partial charge in [-0.25, -0.2) is 0 Å². The Kier molecular flexibility index (Phi) is 3.21. The van der Waals surface area contributed by atoms with E-state index in [0.29, 0.717) is 6.04 Å². The Morgan fingerprint density at radius 2 is 2.40 bits per heavy atom. The van der Waals surface area contributed by atoms with Gasteiger partial charge in [0.05, 0.1) is 6.20 Å². The zero-order valence-electron chi connectivity index (χ0n) is 9.42. The normalized spacial score (nSPS) is 19.7. The van der Waals surface area contributed by atoms with Crippen LogP contribution in [0.25, 0.3) is 0 Å². The topological polar surface area (TPSA) is 34.1 Å². The predicted octanol–water partition coefficient (Wildman–Crippen LogP) is 1.69. The van der Waals surface area contributed by atoms with Gasteiger partial charge in [-0.15, -0.1) is 0 Å². The van der Waals surface area contributed by atoms with Gasteiger partial charge in [0, 0.05) is 11.7 Å². The number of ether oxygens (including phenoxy) is 1. The van der Waals surface area contributed by atoms with Crippen molar-refractivity contribution in [1.82, 2.24) is 10.3 Å². The molecule has 0 saturated carbocycles. The summed E-state index contributed by atoms with van der Waals surface area (Å²) in [7, 11) is 0. The summed E-state index contributed by atoms with van der Waals surface area (Å²) in [6.45, 7) is 6.08. The highest BCUT2D eigenvalue weighted by Gasteiger charge is 2.16. The molecule has 0 unspecified atom stereocenters. The third kappa shape index (κ3) is 2.48. The lowest BCUT2D eigenvalue weighted by molar-refractivity contribution is 0.216. The lowest BCUT2D eigenvalue weighted by atomic mass is 10.1. The molecule has 1 aliphatic heterocycles. The van der Waals surface area contributed by atoms with E-state index in [4.69, 9.17) is 4.74 Å². The third-order valence-electron chi connectivity index (χ3n) is 2.87. The number of aryl methyl sites for hydroxylation is 2. The molecule has 15 heavy (non-hydrogen) atoms. The summed E-state index contributed by atoms with van der Waals surface area (Å²) >= 11 is 0. The van der Waals surface area contributed by atoms with E-state index in [0.717, 1.165) is 31.0 Å². The Bertz CT molecular complexity index is 334. The molecule has 3 nitrogen and oxygen atoms in total. The molecule has 1 N–H and O–H groups in total. The monoisotopic (exact) mass is 206 g/mol. The molecule has 0 amide bonds. The Morgan fingerprint density at radius 1 is 1.60 bits per heavy atom. The fourth-order valence-electron chi connectivity index (χ4n) is 1.71. The van der Waals surface area contributed by atoms with Gasteiger partial charge in [-0.3, -0.25) is 4.98 Å². The maximum atomic E-state index is 5.67. The largest absolute Gasteiger partial charge is 0.490 e. The van der Waals surface area contributed by atoms with Crippen LogP contribution in [0.5, 0.6) is 5.75 Å². The number of nitrogens with zero attached hydrogens (tertiary/aromatic N) is 1. The Hall–Kier alpha value is -1.09. The number of rotatable bonds is 4. The fourth-order valence-corrected chi connectivity index (χ4v) is 1.71. The third-order valence-corrected chi connectivity index (χ3v) is 2.87. The van der Waals surface area contributed by atoms with Crippen molar-refractivity contribution in [3.05, 3.63) is 23.5 Å². The lowest BCUT2D eigenvalue weighted by Gasteiger charge is -2.27. The highest BCUT2D eigenvalue weighted by Crippen LogP contribution is 2.15. The first-order chi connectivity index (χ1) is 7.29. The minimum atomic E-state index is 0.538. The van der Waals surface area contributed by atoms with E-state index in [9.17, 15) is 0 Å². The molecule has 1 fully saturated rings. The summed E-state index contributed by atoms with van der Waals surface area (Å²) in [4.78, 5) is 4.37. The first kappa shape index (κ1) is 10.4. The van der Waals surface area contributed by atoms with Gasteiger partial charge in [0.15, 0.2) is 0 Å². The summed E-state index contributed by atoms with van der Waals surface area (Å²) in [6, 6.07) is 2.61. The number of aromatic nitrogens is 1. The zero-order valence-corrected chi connectivity index (χ0v) is 9.42. The molecule has 0 aromatic carbocycles. The van der Waals surface area contributed by atoms with Gasteiger partial charge in [0.2, 0.25) is 0 Å². The molecule has 82 valence electrons. The molecule has 3 heteroatoms. The van der Waals surface area contributed by atoms with Crippen molar-refractivity contribution < 1.29 is 4.74 Å². The molecular formula is C12H18N2O. The first-order valence-corrected chi connectivity index (χ1v) is 5.61. The van der Waals surface area contributed by atoms with Crippen molar-refractivity contribution in [2.75, 3.05) is 13.2 Å². The number of hydrogen-bond donors (Lipinski definition) is 1. The van der Waals surface area contributed by atoms with E-state index in [1.54, 1.807) is 0 Å². The van der Waals surface area contributed by atoms with Crippen molar-refractivity contribution in [3.8, 4) is 5.75 Å². The van der Waals surface area contributed by atoms with Gasteiger partial charge >= 0.3 is 0 Å². The molecule has 0 aliphatic carbocycles. The second-order valence-corrected chi connectivity index (χ2v) is 4.04. The van der Waals surface area contributed by atoms with Crippen molar-refractivity contribution in [2.45, 2.75) is 32.7 Å². The molecule has 1 saturated heterocycles. The number of hydrogen-bond acceptors (Lipinski definition) is 3. The number of nitrogens with one attached hydrogen (secondary N) is 1. The summed E-state index contributed by atoms with van der Waals surface area (Å²) in [6.07, 6.45) is 4.03. The molecule has 0 bridgehead atoms. The number of pyridine rings is 1. The van der Waals surface area contributed by atoms with E-state index in [-0.39, 0.29) is 0 Å². The van der Waals surface area contributed by atoms with E-state index in [2.05, 4.69) is 30.2 Å². The smallest absolute Gasteiger partial charge is 0.137 e. The van der Waals surface area contributed by atoms with Crippen molar-refractivity contribution in [3.63, 3.8) is 0 Å². The van der Waals surface area contributed by atoms with Gasteiger partial charge in [0.1, 0.15) is 12.4 Å². The summed E-state index contributed by atoms with van der Waals surface area (Å²) in [5.41, 5.74) is 2.38. The summed E-state index contributed by atoms with van der Waals surface area (Å²) in [5, 5.41) is 3.31. The van der Waals surface area contributed by atoms with Gasteiger partial charge in [-0.2, -0.15) is 0 Å². The highest BCUT2D eigenvalue weighted by molar-refractivity contribution is 5.28. The van der Waals surface area contributed by atoms with Crippen LogP contribution in [-0.2, 0) is 6.42 Å². The van der Waals surface area contributed by atoms with Gasteiger partial charge in [0.25, 0.3) is 0 Å².